The second-order valence-electron chi connectivity index (χ2n) is 3.18. The third kappa shape index (κ3) is 2.44. The molecule has 5 heteroatoms. The van der Waals surface area contributed by atoms with Crippen molar-refractivity contribution in [3.8, 4) is 0 Å². The number of aromatic nitrogens is 1. The van der Waals surface area contributed by atoms with Gasteiger partial charge in [0.25, 0.3) is 5.91 Å². The molecule has 16 heavy (non-hydrogen) atoms. The van der Waals surface area contributed by atoms with Crippen LogP contribution in [0.25, 0.3) is 0 Å². The van der Waals surface area contributed by atoms with Crippen LogP contribution in [0.1, 0.15) is 20.8 Å². The number of carbonyl (C=O) groups excluding carboxylic acids is 1. The van der Waals surface area contributed by atoms with Crippen molar-refractivity contribution in [3.63, 3.8) is 0 Å². The van der Waals surface area contributed by atoms with Crippen LogP contribution < -0.4 is 0 Å². The third-order valence-corrected chi connectivity index (χ3v) is 1.99. The van der Waals surface area contributed by atoms with Gasteiger partial charge in [-0.05, 0) is 12.1 Å². The summed E-state index contributed by atoms with van der Waals surface area (Å²) in [6.45, 7) is 3.85. The highest BCUT2D eigenvalue weighted by molar-refractivity contribution is 6.03. The van der Waals surface area contributed by atoms with Crippen molar-refractivity contribution in [1.82, 2.24) is 9.88 Å². The number of carboxylic acids is 1. The van der Waals surface area contributed by atoms with Crippen molar-refractivity contribution in [1.29, 1.82) is 0 Å². The van der Waals surface area contributed by atoms with E-state index >= 15 is 0 Å². The quantitative estimate of drug-likeness (QED) is 0.769. The van der Waals surface area contributed by atoms with Crippen molar-refractivity contribution >= 4 is 11.9 Å². The molecule has 1 N–H and O–H groups in total. The molecular formula is C11H12N2O3. The van der Waals surface area contributed by atoms with Crippen LogP contribution in [0.2, 0.25) is 0 Å². The fourth-order valence-electron chi connectivity index (χ4n) is 1.21. The molecule has 0 aromatic carbocycles. The van der Waals surface area contributed by atoms with Gasteiger partial charge in [-0.2, -0.15) is 0 Å². The Labute approximate surface area is 93.0 Å². The SMILES string of the molecule is C=CCN(C)C(=O)c1ncccc1C(=O)O. The van der Waals surface area contributed by atoms with Crippen molar-refractivity contribution in [2.45, 2.75) is 0 Å². The van der Waals surface area contributed by atoms with Crippen LogP contribution in [-0.2, 0) is 0 Å². The monoisotopic (exact) mass is 220 g/mol. The van der Waals surface area contributed by atoms with E-state index in [0.717, 1.165) is 0 Å². The highest BCUT2D eigenvalue weighted by Crippen LogP contribution is 2.08. The van der Waals surface area contributed by atoms with Crippen LogP contribution >= 0.6 is 0 Å². The molecule has 0 fully saturated rings. The fourth-order valence-corrected chi connectivity index (χ4v) is 1.21. The molecule has 1 aromatic heterocycles. The molecule has 1 rings (SSSR count). The number of likely N-dealkylation sites (N-methyl/N-ethyl adjacent to an activating group) is 1. The van der Waals surface area contributed by atoms with Gasteiger partial charge in [-0.1, -0.05) is 6.08 Å². The first kappa shape index (κ1) is 11.9. The summed E-state index contributed by atoms with van der Waals surface area (Å²) in [5.41, 5.74) is -0.150. The second kappa shape index (κ2) is 5.06. The van der Waals surface area contributed by atoms with Gasteiger partial charge in [0.1, 0.15) is 5.69 Å². The number of nitrogens with zero attached hydrogens (tertiary/aromatic N) is 2. The summed E-state index contributed by atoms with van der Waals surface area (Å²) in [5.74, 6) is -1.60. The van der Waals surface area contributed by atoms with Crippen LogP contribution in [0.5, 0.6) is 0 Å². The van der Waals surface area contributed by atoms with Gasteiger partial charge in [0, 0.05) is 19.8 Å². The lowest BCUT2D eigenvalue weighted by Gasteiger charge is -2.14. The summed E-state index contributed by atoms with van der Waals surface area (Å²) in [6.07, 6.45) is 2.95. The van der Waals surface area contributed by atoms with Gasteiger partial charge in [-0.25, -0.2) is 4.79 Å². The minimum absolute atomic E-state index is 0.0562. The summed E-state index contributed by atoms with van der Waals surface area (Å²) >= 11 is 0. The topological polar surface area (TPSA) is 70.5 Å². The van der Waals surface area contributed by atoms with E-state index < -0.39 is 11.9 Å². The maximum Gasteiger partial charge on any atom is 0.338 e. The van der Waals surface area contributed by atoms with Gasteiger partial charge in [-0.15, -0.1) is 6.58 Å². The van der Waals surface area contributed by atoms with Crippen molar-refractivity contribution in [3.05, 3.63) is 42.2 Å². The van der Waals surface area contributed by atoms with Gasteiger partial charge >= 0.3 is 5.97 Å². The van der Waals surface area contributed by atoms with Gasteiger partial charge in [0.2, 0.25) is 0 Å². The number of aromatic carboxylic acids is 1. The van der Waals surface area contributed by atoms with E-state index in [2.05, 4.69) is 11.6 Å². The molecule has 0 radical (unpaired) electrons. The molecule has 0 spiro atoms. The first-order valence-corrected chi connectivity index (χ1v) is 4.62. The fraction of sp³-hybridized carbons (Fsp3) is 0.182. The average Bonchev–Trinajstić information content (AvgIpc) is 2.28. The van der Waals surface area contributed by atoms with E-state index in [1.54, 1.807) is 13.1 Å². The number of carboxylic acid groups (broad SMARTS) is 1. The van der Waals surface area contributed by atoms with Crippen molar-refractivity contribution < 1.29 is 14.7 Å². The van der Waals surface area contributed by atoms with Crippen LogP contribution in [0.4, 0.5) is 0 Å². The molecule has 0 bridgehead atoms. The highest BCUT2D eigenvalue weighted by Gasteiger charge is 2.19. The average molecular weight is 220 g/mol. The molecular weight excluding hydrogens is 208 g/mol. The molecule has 0 unspecified atom stereocenters. The Hall–Kier alpha value is -2.17. The Balaban J connectivity index is 3.08. The number of rotatable bonds is 4. The van der Waals surface area contributed by atoms with E-state index in [1.807, 2.05) is 0 Å². The summed E-state index contributed by atoms with van der Waals surface area (Å²) in [4.78, 5) is 27.8. The van der Waals surface area contributed by atoms with Crippen LogP contribution in [0.3, 0.4) is 0 Å². The van der Waals surface area contributed by atoms with Gasteiger partial charge in [-0.3, -0.25) is 9.78 Å². The summed E-state index contributed by atoms with van der Waals surface area (Å²) in [6, 6.07) is 2.83. The van der Waals surface area contributed by atoms with Crippen LogP contribution in [0.15, 0.2) is 31.0 Å². The maximum atomic E-state index is 11.8. The van der Waals surface area contributed by atoms with Gasteiger partial charge < -0.3 is 10.0 Å². The number of pyridine rings is 1. The van der Waals surface area contributed by atoms with Gasteiger partial charge in [0.05, 0.1) is 5.56 Å². The minimum atomic E-state index is -1.16. The van der Waals surface area contributed by atoms with E-state index in [0.29, 0.717) is 6.54 Å². The first-order valence-electron chi connectivity index (χ1n) is 4.62. The van der Waals surface area contributed by atoms with E-state index in [-0.39, 0.29) is 11.3 Å². The van der Waals surface area contributed by atoms with E-state index in [9.17, 15) is 9.59 Å². The third-order valence-electron chi connectivity index (χ3n) is 1.99. The first-order chi connectivity index (χ1) is 7.57. The zero-order valence-corrected chi connectivity index (χ0v) is 8.88. The number of hydrogen-bond donors (Lipinski definition) is 1. The number of carbonyl (C=O) groups is 2. The van der Waals surface area contributed by atoms with Crippen LogP contribution in [0, 0.1) is 0 Å². The lowest BCUT2D eigenvalue weighted by atomic mass is 10.2. The van der Waals surface area contributed by atoms with E-state index in [1.165, 1.54) is 23.2 Å². The normalized spacial score (nSPS) is 9.56. The molecule has 0 aliphatic heterocycles. The standard InChI is InChI=1S/C11H12N2O3/c1-3-7-13(2)10(14)9-8(11(15)16)5-4-6-12-9/h3-6H,1,7H2,2H3,(H,15,16). The number of amides is 1. The Bertz CT molecular complexity index is 429. The summed E-state index contributed by atoms with van der Waals surface area (Å²) < 4.78 is 0. The molecule has 0 aliphatic rings. The maximum absolute atomic E-state index is 11.8. The van der Waals surface area contributed by atoms with Gasteiger partial charge in [0.15, 0.2) is 0 Å². The van der Waals surface area contributed by atoms with Crippen molar-refractivity contribution in [2.24, 2.45) is 0 Å². The Morgan fingerprint density at radius 2 is 2.31 bits per heavy atom. The van der Waals surface area contributed by atoms with Crippen molar-refractivity contribution in [2.75, 3.05) is 13.6 Å². The number of hydrogen-bond acceptors (Lipinski definition) is 3. The largest absolute Gasteiger partial charge is 0.478 e. The molecule has 84 valence electrons. The summed E-state index contributed by atoms with van der Waals surface area (Å²) in [5, 5.41) is 8.90. The summed E-state index contributed by atoms with van der Waals surface area (Å²) in [7, 11) is 1.56. The minimum Gasteiger partial charge on any atom is -0.478 e. The lowest BCUT2D eigenvalue weighted by Crippen LogP contribution is -2.29. The Morgan fingerprint density at radius 3 is 2.88 bits per heavy atom. The smallest absolute Gasteiger partial charge is 0.338 e. The molecule has 0 atom stereocenters. The molecule has 5 nitrogen and oxygen atoms in total. The Kier molecular flexibility index (Phi) is 3.77. The van der Waals surface area contributed by atoms with E-state index in [4.69, 9.17) is 5.11 Å². The molecule has 0 aliphatic carbocycles. The zero-order valence-electron chi connectivity index (χ0n) is 8.88. The molecule has 1 heterocycles. The zero-order chi connectivity index (χ0) is 12.1. The van der Waals surface area contributed by atoms with Crippen LogP contribution in [-0.4, -0.2) is 40.5 Å². The molecule has 1 aromatic rings. The predicted molar refractivity (Wildman–Crippen MR) is 58.4 cm³/mol. The molecule has 1 amide bonds. The second-order valence-corrected chi connectivity index (χ2v) is 3.18. The molecule has 0 saturated heterocycles. The highest BCUT2D eigenvalue weighted by atomic mass is 16.4. The predicted octanol–water partition coefficient (Wildman–Crippen LogP) is 1.04. The lowest BCUT2D eigenvalue weighted by molar-refractivity contribution is 0.0681. The molecule has 0 saturated carbocycles. The Morgan fingerprint density at radius 1 is 1.62 bits per heavy atom.